The Labute approximate surface area is 187 Å². The summed E-state index contributed by atoms with van der Waals surface area (Å²) in [7, 11) is 0. The first-order valence-corrected chi connectivity index (χ1v) is 11.0. The van der Waals surface area contributed by atoms with Gasteiger partial charge in [-0.2, -0.15) is 0 Å². The van der Waals surface area contributed by atoms with Crippen molar-refractivity contribution in [1.82, 2.24) is 10.6 Å². The molecule has 4 rings (SSSR count). The number of carboxylic acids is 1. The summed E-state index contributed by atoms with van der Waals surface area (Å²) < 4.78 is 5.50. The molecule has 0 unspecified atom stereocenters. The van der Waals surface area contributed by atoms with E-state index in [1.807, 2.05) is 24.3 Å². The van der Waals surface area contributed by atoms with Gasteiger partial charge in [0.15, 0.2) is 0 Å². The average molecular weight is 437 g/mol. The minimum Gasteiger partial charge on any atom is -0.481 e. The molecule has 7 heteroatoms. The highest BCUT2D eigenvalue weighted by Gasteiger charge is 2.44. The number of fused-ring (bicyclic) bond motifs is 3. The van der Waals surface area contributed by atoms with E-state index in [2.05, 4.69) is 34.9 Å². The minimum atomic E-state index is -0.867. The number of carbonyl (C=O) groups is 3. The number of carbonyl (C=O) groups excluding carboxylic acids is 2. The second-order valence-electron chi connectivity index (χ2n) is 8.79. The number of nitrogens with one attached hydrogen (secondary N) is 2. The van der Waals surface area contributed by atoms with Gasteiger partial charge in [0.1, 0.15) is 6.61 Å². The molecule has 0 spiro atoms. The van der Waals surface area contributed by atoms with Crippen LogP contribution < -0.4 is 10.6 Å². The van der Waals surface area contributed by atoms with Gasteiger partial charge in [-0.05, 0) is 42.0 Å². The molecule has 0 radical (unpaired) electrons. The van der Waals surface area contributed by atoms with Crippen molar-refractivity contribution in [1.29, 1.82) is 0 Å². The molecule has 168 valence electrons. The lowest BCUT2D eigenvalue weighted by atomic mass is 9.69. The lowest BCUT2D eigenvalue weighted by molar-refractivity contribution is -0.154. The van der Waals surface area contributed by atoms with Crippen LogP contribution in [-0.2, 0) is 14.3 Å². The fraction of sp³-hybridized carbons (Fsp3) is 0.400. The highest BCUT2D eigenvalue weighted by Crippen LogP contribution is 2.44. The van der Waals surface area contributed by atoms with Crippen LogP contribution in [0, 0.1) is 5.41 Å². The van der Waals surface area contributed by atoms with Gasteiger partial charge in [-0.25, -0.2) is 4.79 Å². The molecule has 1 saturated carbocycles. The largest absolute Gasteiger partial charge is 0.481 e. The Morgan fingerprint density at radius 3 is 2.19 bits per heavy atom. The van der Waals surface area contributed by atoms with Gasteiger partial charge in [0, 0.05) is 24.9 Å². The number of amides is 2. The molecule has 7 nitrogen and oxygen atoms in total. The molecular formula is C25H28N2O5. The third-order valence-electron chi connectivity index (χ3n) is 6.59. The first-order valence-electron chi connectivity index (χ1n) is 11.0. The van der Waals surface area contributed by atoms with Crippen molar-refractivity contribution in [2.45, 2.75) is 44.6 Å². The standard InChI is InChI=1S/C25H28N2O5/c1-16(13-22(28)26-15-25(23(29)30)11-6-12-25)27-24(31)32-14-21-19-9-4-2-7-17(19)18-8-3-5-10-20(18)21/h2-5,7-10,16,21H,6,11-15H2,1H3,(H,26,28)(H,27,31)(H,29,30)/t16-/m0/s1. The third kappa shape index (κ3) is 4.33. The van der Waals surface area contributed by atoms with Gasteiger partial charge in [-0.1, -0.05) is 55.0 Å². The van der Waals surface area contributed by atoms with Crippen LogP contribution in [-0.4, -0.2) is 42.3 Å². The lowest BCUT2D eigenvalue weighted by Gasteiger charge is -2.37. The number of hydrogen-bond donors (Lipinski definition) is 3. The zero-order valence-corrected chi connectivity index (χ0v) is 18.1. The number of carboxylic acid groups (broad SMARTS) is 1. The summed E-state index contributed by atoms with van der Waals surface area (Å²) in [6.45, 7) is 2.05. The zero-order valence-electron chi connectivity index (χ0n) is 18.1. The summed E-state index contributed by atoms with van der Waals surface area (Å²) in [6.07, 6.45) is 1.50. The van der Waals surface area contributed by atoms with E-state index in [-0.39, 0.29) is 31.4 Å². The molecule has 2 aliphatic rings. The number of hydrogen-bond acceptors (Lipinski definition) is 4. The predicted octanol–water partition coefficient (Wildman–Crippen LogP) is 3.67. The van der Waals surface area contributed by atoms with Crippen molar-refractivity contribution in [3.8, 4) is 11.1 Å². The number of rotatable bonds is 8. The Kier molecular flexibility index (Phi) is 6.17. The fourth-order valence-corrected chi connectivity index (χ4v) is 4.58. The molecule has 0 heterocycles. The summed E-state index contributed by atoms with van der Waals surface area (Å²) in [5, 5.41) is 14.7. The van der Waals surface area contributed by atoms with Crippen LogP contribution in [0.5, 0.6) is 0 Å². The van der Waals surface area contributed by atoms with Crippen molar-refractivity contribution in [2.75, 3.05) is 13.2 Å². The van der Waals surface area contributed by atoms with Gasteiger partial charge in [-0.15, -0.1) is 0 Å². The fourth-order valence-electron chi connectivity index (χ4n) is 4.58. The van der Waals surface area contributed by atoms with Crippen LogP contribution in [0.4, 0.5) is 4.79 Å². The summed E-state index contributed by atoms with van der Waals surface area (Å²) in [4.78, 5) is 35.9. The van der Waals surface area contributed by atoms with Gasteiger partial charge >= 0.3 is 12.1 Å². The van der Waals surface area contributed by atoms with E-state index in [9.17, 15) is 19.5 Å². The molecule has 1 atom stereocenters. The molecule has 0 bridgehead atoms. The van der Waals surface area contributed by atoms with Gasteiger partial charge in [0.25, 0.3) is 0 Å². The molecule has 2 aromatic rings. The molecule has 32 heavy (non-hydrogen) atoms. The monoisotopic (exact) mass is 436 g/mol. The van der Waals surface area contributed by atoms with Crippen molar-refractivity contribution in [3.05, 3.63) is 59.7 Å². The topological polar surface area (TPSA) is 105 Å². The molecule has 2 aromatic carbocycles. The summed E-state index contributed by atoms with van der Waals surface area (Å²) >= 11 is 0. The number of aliphatic carboxylic acids is 1. The number of alkyl carbamates (subject to hydrolysis) is 1. The van der Waals surface area contributed by atoms with Crippen LogP contribution in [0.3, 0.4) is 0 Å². The molecule has 2 amide bonds. The summed E-state index contributed by atoms with van der Waals surface area (Å²) in [5.74, 6) is -1.18. The Hall–Kier alpha value is -3.35. The van der Waals surface area contributed by atoms with E-state index in [1.54, 1.807) is 6.92 Å². The third-order valence-corrected chi connectivity index (χ3v) is 6.59. The molecule has 0 aliphatic heterocycles. The quantitative estimate of drug-likeness (QED) is 0.586. The molecule has 0 saturated heterocycles. The second kappa shape index (κ2) is 9.02. The average Bonchev–Trinajstić information content (AvgIpc) is 3.05. The van der Waals surface area contributed by atoms with Crippen LogP contribution in [0.1, 0.15) is 49.7 Å². The number of ether oxygens (including phenoxy) is 1. The Bertz CT molecular complexity index is 985. The van der Waals surface area contributed by atoms with E-state index in [0.717, 1.165) is 28.7 Å². The second-order valence-corrected chi connectivity index (χ2v) is 8.79. The Morgan fingerprint density at radius 1 is 1.06 bits per heavy atom. The van der Waals surface area contributed by atoms with E-state index >= 15 is 0 Å². The maximum absolute atomic E-state index is 12.3. The molecular weight excluding hydrogens is 408 g/mol. The van der Waals surface area contributed by atoms with E-state index in [4.69, 9.17) is 4.74 Å². The normalized spacial score (nSPS) is 16.8. The van der Waals surface area contributed by atoms with Crippen molar-refractivity contribution < 1.29 is 24.2 Å². The molecule has 1 fully saturated rings. The van der Waals surface area contributed by atoms with Gasteiger partial charge < -0.3 is 20.5 Å². The van der Waals surface area contributed by atoms with E-state index in [0.29, 0.717) is 12.8 Å². The number of benzene rings is 2. The Morgan fingerprint density at radius 2 is 1.66 bits per heavy atom. The van der Waals surface area contributed by atoms with Crippen LogP contribution in [0.25, 0.3) is 11.1 Å². The van der Waals surface area contributed by atoms with Crippen molar-refractivity contribution >= 4 is 18.0 Å². The van der Waals surface area contributed by atoms with Gasteiger partial charge in [0.2, 0.25) is 5.91 Å². The highest BCUT2D eigenvalue weighted by atomic mass is 16.5. The van der Waals surface area contributed by atoms with Crippen LogP contribution in [0.15, 0.2) is 48.5 Å². The smallest absolute Gasteiger partial charge is 0.407 e. The van der Waals surface area contributed by atoms with E-state index < -0.39 is 23.5 Å². The maximum Gasteiger partial charge on any atom is 0.407 e. The van der Waals surface area contributed by atoms with E-state index in [1.165, 1.54) is 0 Å². The summed E-state index contributed by atoms with van der Waals surface area (Å²) in [6, 6.07) is 15.8. The lowest BCUT2D eigenvalue weighted by Crippen LogP contribution is -2.48. The maximum atomic E-state index is 12.3. The molecule has 2 aliphatic carbocycles. The highest BCUT2D eigenvalue weighted by molar-refractivity contribution is 5.81. The minimum absolute atomic E-state index is 0.0264. The molecule has 0 aromatic heterocycles. The SMILES string of the molecule is C[C@@H](CC(=O)NCC1(C(=O)O)CCC1)NC(=O)OCC1c2ccccc2-c2ccccc21. The molecule has 3 N–H and O–H groups in total. The van der Waals surface area contributed by atoms with Crippen molar-refractivity contribution in [2.24, 2.45) is 5.41 Å². The first-order chi connectivity index (χ1) is 15.4. The Balaban J connectivity index is 1.26. The van der Waals surface area contributed by atoms with Crippen LogP contribution in [0.2, 0.25) is 0 Å². The summed E-state index contributed by atoms with van der Waals surface area (Å²) in [5.41, 5.74) is 3.76. The zero-order chi connectivity index (χ0) is 22.7. The van der Waals surface area contributed by atoms with Crippen LogP contribution >= 0.6 is 0 Å². The van der Waals surface area contributed by atoms with Crippen molar-refractivity contribution in [3.63, 3.8) is 0 Å². The van der Waals surface area contributed by atoms with Gasteiger partial charge in [0.05, 0.1) is 5.41 Å². The first kappa shape index (κ1) is 21.9. The van der Waals surface area contributed by atoms with Gasteiger partial charge in [-0.3, -0.25) is 9.59 Å². The predicted molar refractivity (Wildman–Crippen MR) is 119 cm³/mol.